The molecule has 1 aliphatic carbocycles. The molecule has 0 spiro atoms. The number of carbonyl (C=O) groups excluding carboxylic acids is 1. The molecule has 24 heavy (non-hydrogen) atoms. The number of hydrogen-bond acceptors (Lipinski definition) is 4. The topological polar surface area (TPSA) is 75.4 Å². The van der Waals surface area contributed by atoms with E-state index in [1.54, 1.807) is 0 Å². The van der Waals surface area contributed by atoms with Crippen LogP contribution in [-0.4, -0.2) is 22.2 Å². The van der Waals surface area contributed by atoms with Crippen LogP contribution in [0.15, 0.2) is 28.8 Å². The van der Waals surface area contributed by atoms with Gasteiger partial charge in [-0.15, -0.1) is 0 Å². The van der Waals surface area contributed by atoms with Crippen LogP contribution in [0.2, 0.25) is 0 Å². The lowest BCUT2D eigenvalue weighted by Gasteiger charge is -2.22. The Kier molecular flexibility index (Phi) is 4.94. The third-order valence-electron chi connectivity index (χ3n) is 4.38. The Morgan fingerprint density at radius 2 is 1.96 bits per heavy atom. The van der Waals surface area contributed by atoms with E-state index in [0.717, 1.165) is 25.7 Å². The molecule has 1 heterocycles. The summed E-state index contributed by atoms with van der Waals surface area (Å²) in [7, 11) is 0. The van der Waals surface area contributed by atoms with E-state index in [0.29, 0.717) is 11.3 Å². The number of nitrogens with zero attached hydrogens (tertiary/aromatic N) is 1. The largest absolute Gasteiger partial charge is 0.385 e. The van der Waals surface area contributed by atoms with Crippen molar-refractivity contribution in [2.24, 2.45) is 0 Å². The predicted octanol–water partition coefficient (Wildman–Crippen LogP) is 3.60. The summed E-state index contributed by atoms with van der Waals surface area (Å²) in [5.74, 6) is -0.549. The minimum Gasteiger partial charge on any atom is -0.385 e. The quantitative estimate of drug-likeness (QED) is 0.897. The molecule has 1 aliphatic rings. The molecule has 2 N–H and O–H groups in total. The van der Waals surface area contributed by atoms with Gasteiger partial charge in [-0.05, 0) is 44.0 Å². The second kappa shape index (κ2) is 7.13. The van der Waals surface area contributed by atoms with Crippen molar-refractivity contribution in [2.45, 2.75) is 51.2 Å². The number of aromatic nitrogens is 1. The van der Waals surface area contributed by atoms with Crippen LogP contribution < -0.4 is 5.32 Å². The zero-order valence-electron chi connectivity index (χ0n) is 13.6. The fourth-order valence-electron chi connectivity index (χ4n) is 3.12. The number of rotatable bonds is 4. The Morgan fingerprint density at radius 3 is 2.58 bits per heavy atom. The number of amides is 1. The maximum atomic E-state index is 13.1. The van der Waals surface area contributed by atoms with Gasteiger partial charge in [0.15, 0.2) is 5.76 Å². The molecule has 0 radical (unpaired) electrons. The Bertz CT molecular complexity index is 704. The lowest BCUT2D eigenvalue weighted by atomic mass is 9.95. The summed E-state index contributed by atoms with van der Waals surface area (Å²) in [6.07, 6.45) is 4.34. The highest BCUT2D eigenvalue weighted by Gasteiger charge is 2.28. The van der Waals surface area contributed by atoms with Gasteiger partial charge in [-0.25, -0.2) is 4.39 Å². The van der Waals surface area contributed by atoms with Crippen molar-refractivity contribution >= 4 is 5.91 Å². The van der Waals surface area contributed by atoms with E-state index in [-0.39, 0.29) is 29.1 Å². The van der Waals surface area contributed by atoms with Gasteiger partial charge in [0.25, 0.3) is 5.91 Å². The molecular weight excluding hydrogens is 311 g/mol. The Labute approximate surface area is 139 Å². The van der Waals surface area contributed by atoms with Gasteiger partial charge in [0.2, 0.25) is 0 Å². The van der Waals surface area contributed by atoms with Crippen molar-refractivity contribution in [3.63, 3.8) is 0 Å². The number of carbonyl (C=O) groups is 1. The molecule has 0 aliphatic heterocycles. The molecule has 5 nitrogen and oxygen atoms in total. The van der Waals surface area contributed by atoms with Gasteiger partial charge in [-0.2, -0.15) is 0 Å². The van der Waals surface area contributed by atoms with E-state index in [9.17, 15) is 14.3 Å². The Morgan fingerprint density at radius 1 is 1.29 bits per heavy atom. The highest BCUT2D eigenvalue weighted by molar-refractivity contribution is 6.01. The van der Waals surface area contributed by atoms with Crippen LogP contribution in [0.4, 0.5) is 4.39 Å². The van der Waals surface area contributed by atoms with Crippen LogP contribution in [0.25, 0.3) is 11.3 Å². The number of aliphatic hydroxyl groups excluding tert-OH is 1. The summed E-state index contributed by atoms with van der Waals surface area (Å²) in [5, 5.41) is 16.8. The van der Waals surface area contributed by atoms with Gasteiger partial charge >= 0.3 is 0 Å². The smallest absolute Gasteiger partial charge is 0.257 e. The number of hydrogen-bond donors (Lipinski definition) is 2. The lowest BCUT2D eigenvalue weighted by molar-refractivity contribution is 0.0915. The van der Waals surface area contributed by atoms with E-state index >= 15 is 0 Å². The van der Waals surface area contributed by atoms with Crippen molar-refractivity contribution < 1.29 is 18.8 Å². The molecule has 6 heteroatoms. The number of nitrogens with one attached hydrogen (secondary N) is 1. The van der Waals surface area contributed by atoms with Gasteiger partial charge in [-0.1, -0.05) is 24.4 Å². The van der Waals surface area contributed by atoms with Crippen LogP contribution in [0.1, 0.15) is 61.3 Å². The first kappa shape index (κ1) is 16.6. The van der Waals surface area contributed by atoms with Crippen LogP contribution in [0.3, 0.4) is 0 Å². The predicted molar refractivity (Wildman–Crippen MR) is 86.9 cm³/mol. The monoisotopic (exact) mass is 332 g/mol. The van der Waals surface area contributed by atoms with Gasteiger partial charge in [-0.3, -0.25) is 4.79 Å². The minimum absolute atomic E-state index is 0.127. The van der Waals surface area contributed by atoms with Gasteiger partial charge in [0, 0.05) is 11.6 Å². The number of halogens is 1. The molecular formula is C18H21FN2O3. The summed E-state index contributed by atoms with van der Waals surface area (Å²) in [5.41, 5.74) is 1.11. The maximum Gasteiger partial charge on any atom is 0.257 e. The number of benzene rings is 1. The molecule has 1 amide bonds. The summed E-state index contributed by atoms with van der Waals surface area (Å²) in [4.78, 5) is 12.8. The Balaban J connectivity index is 1.93. The van der Waals surface area contributed by atoms with Crippen LogP contribution in [0.5, 0.6) is 0 Å². The molecule has 1 saturated carbocycles. The molecule has 128 valence electrons. The Hall–Kier alpha value is -2.21. The molecule has 1 fully saturated rings. The molecule has 1 aromatic carbocycles. The molecule has 0 bridgehead atoms. The standard InChI is InChI=1S/C18H21FN2O3/c1-11(22)17-15(18(23)20-14-5-3-2-4-6-14)16(21-24-17)12-7-9-13(19)10-8-12/h7-11,14,22H,2-6H2,1H3,(H,20,23)/t11-/m0/s1. The zero-order valence-corrected chi connectivity index (χ0v) is 13.6. The van der Waals surface area contributed by atoms with Crippen LogP contribution in [-0.2, 0) is 0 Å². The summed E-state index contributed by atoms with van der Waals surface area (Å²) < 4.78 is 18.3. The summed E-state index contributed by atoms with van der Waals surface area (Å²) >= 11 is 0. The second-order valence-corrected chi connectivity index (χ2v) is 6.26. The molecule has 1 aromatic heterocycles. The van der Waals surface area contributed by atoms with E-state index in [2.05, 4.69) is 10.5 Å². The van der Waals surface area contributed by atoms with E-state index in [1.165, 1.54) is 37.6 Å². The maximum absolute atomic E-state index is 13.1. The number of aliphatic hydroxyl groups is 1. The normalized spacial score (nSPS) is 16.8. The first-order valence-corrected chi connectivity index (χ1v) is 8.30. The highest BCUT2D eigenvalue weighted by atomic mass is 19.1. The van der Waals surface area contributed by atoms with Crippen molar-refractivity contribution in [1.82, 2.24) is 10.5 Å². The summed E-state index contributed by atoms with van der Waals surface area (Å²) in [6, 6.07) is 5.81. The molecule has 3 rings (SSSR count). The van der Waals surface area contributed by atoms with E-state index in [1.807, 2.05) is 0 Å². The fourth-order valence-corrected chi connectivity index (χ4v) is 3.12. The van der Waals surface area contributed by atoms with E-state index in [4.69, 9.17) is 4.52 Å². The lowest BCUT2D eigenvalue weighted by Crippen LogP contribution is -2.36. The SMILES string of the molecule is C[C@H](O)c1onc(-c2ccc(F)cc2)c1C(=O)NC1CCCCC1. The molecule has 0 unspecified atom stereocenters. The first-order chi connectivity index (χ1) is 11.6. The highest BCUT2D eigenvalue weighted by Crippen LogP contribution is 2.30. The third-order valence-corrected chi connectivity index (χ3v) is 4.38. The third kappa shape index (κ3) is 3.48. The molecule has 0 saturated heterocycles. The minimum atomic E-state index is -0.959. The van der Waals surface area contributed by atoms with Crippen molar-refractivity contribution in [3.8, 4) is 11.3 Å². The fraction of sp³-hybridized carbons (Fsp3) is 0.444. The van der Waals surface area contributed by atoms with Gasteiger partial charge < -0.3 is 14.9 Å². The average molecular weight is 332 g/mol. The van der Waals surface area contributed by atoms with Crippen molar-refractivity contribution in [3.05, 3.63) is 41.4 Å². The first-order valence-electron chi connectivity index (χ1n) is 8.30. The molecule has 2 aromatic rings. The van der Waals surface area contributed by atoms with Gasteiger partial charge in [0.05, 0.1) is 0 Å². The molecule has 1 atom stereocenters. The van der Waals surface area contributed by atoms with Crippen molar-refractivity contribution in [1.29, 1.82) is 0 Å². The van der Waals surface area contributed by atoms with Gasteiger partial charge in [0.1, 0.15) is 23.2 Å². The average Bonchev–Trinajstić information content (AvgIpc) is 3.02. The van der Waals surface area contributed by atoms with Crippen LogP contribution >= 0.6 is 0 Å². The van der Waals surface area contributed by atoms with Crippen LogP contribution in [0, 0.1) is 5.82 Å². The summed E-state index contributed by atoms with van der Waals surface area (Å²) in [6.45, 7) is 1.52. The second-order valence-electron chi connectivity index (χ2n) is 6.26. The van der Waals surface area contributed by atoms with Crippen molar-refractivity contribution in [2.75, 3.05) is 0 Å². The van der Waals surface area contributed by atoms with E-state index < -0.39 is 6.10 Å². The zero-order chi connectivity index (χ0) is 17.1.